The summed E-state index contributed by atoms with van der Waals surface area (Å²) in [5.74, 6) is 0.376. The molecule has 160 valence electrons. The van der Waals surface area contributed by atoms with Gasteiger partial charge >= 0.3 is 0 Å². The molecule has 3 aromatic rings. The maximum absolute atomic E-state index is 12.2. The molecule has 1 spiro atoms. The molecular formula is C24H27N5O2. The van der Waals surface area contributed by atoms with Crippen molar-refractivity contribution in [3.05, 3.63) is 76.7 Å². The summed E-state index contributed by atoms with van der Waals surface area (Å²) in [4.78, 5) is 19.1. The second-order valence-electron chi connectivity index (χ2n) is 8.35. The zero-order valence-electron chi connectivity index (χ0n) is 18.0. The first-order valence-corrected chi connectivity index (χ1v) is 10.8. The maximum Gasteiger partial charge on any atom is 0.254 e. The Hall–Kier alpha value is -3.03. The number of piperidine rings is 1. The molecule has 0 atom stereocenters. The van der Waals surface area contributed by atoms with E-state index in [9.17, 15) is 4.79 Å². The van der Waals surface area contributed by atoms with Crippen molar-refractivity contribution >= 4 is 5.91 Å². The van der Waals surface area contributed by atoms with Crippen molar-refractivity contribution in [2.24, 2.45) is 0 Å². The van der Waals surface area contributed by atoms with Gasteiger partial charge in [0.2, 0.25) is 0 Å². The smallest absolute Gasteiger partial charge is 0.254 e. The Kier molecular flexibility index (Phi) is 5.08. The lowest BCUT2D eigenvalue weighted by Gasteiger charge is -2.39. The molecule has 1 N–H and O–H groups in total. The first-order chi connectivity index (χ1) is 15.1. The summed E-state index contributed by atoms with van der Waals surface area (Å²) >= 11 is 0. The lowest BCUT2D eigenvalue weighted by atomic mass is 9.84. The van der Waals surface area contributed by atoms with Gasteiger partial charge in [-0.15, -0.1) is 0 Å². The summed E-state index contributed by atoms with van der Waals surface area (Å²) in [6, 6.07) is 12.1. The van der Waals surface area contributed by atoms with Gasteiger partial charge in [0.05, 0.1) is 23.5 Å². The van der Waals surface area contributed by atoms with Crippen LogP contribution >= 0.6 is 0 Å². The third-order valence-electron chi connectivity index (χ3n) is 6.55. The number of fused-ring (bicyclic) bond motifs is 2. The highest BCUT2D eigenvalue weighted by Gasteiger charge is 2.42. The van der Waals surface area contributed by atoms with Crippen LogP contribution in [0.4, 0.5) is 0 Å². The molecule has 5 rings (SSSR count). The van der Waals surface area contributed by atoms with Crippen molar-refractivity contribution in [1.82, 2.24) is 25.0 Å². The zero-order valence-corrected chi connectivity index (χ0v) is 18.0. The Morgan fingerprint density at radius 1 is 1.19 bits per heavy atom. The molecule has 4 heterocycles. The number of pyridine rings is 1. The van der Waals surface area contributed by atoms with Gasteiger partial charge in [-0.3, -0.25) is 9.69 Å². The lowest BCUT2D eigenvalue weighted by molar-refractivity contribution is -0.0799. The molecule has 31 heavy (non-hydrogen) atoms. The van der Waals surface area contributed by atoms with E-state index in [2.05, 4.69) is 44.6 Å². The molecule has 0 radical (unpaired) electrons. The summed E-state index contributed by atoms with van der Waals surface area (Å²) in [6.45, 7) is 5.51. The van der Waals surface area contributed by atoms with Gasteiger partial charge in [-0.05, 0) is 43.0 Å². The first-order valence-electron chi connectivity index (χ1n) is 10.8. The van der Waals surface area contributed by atoms with E-state index in [1.165, 1.54) is 11.1 Å². The number of hydrogen-bond acceptors (Lipinski definition) is 5. The molecule has 7 nitrogen and oxygen atoms in total. The Labute approximate surface area is 182 Å². The van der Waals surface area contributed by atoms with E-state index in [0.717, 1.165) is 50.3 Å². The molecular weight excluding hydrogens is 390 g/mol. The van der Waals surface area contributed by atoms with Crippen LogP contribution in [0.1, 0.15) is 45.6 Å². The topological polar surface area (TPSA) is 72.3 Å². The number of hydrogen-bond donors (Lipinski definition) is 1. The highest BCUT2D eigenvalue weighted by Crippen LogP contribution is 2.44. The van der Waals surface area contributed by atoms with Gasteiger partial charge in [-0.2, -0.15) is 5.10 Å². The molecule has 1 amide bonds. The van der Waals surface area contributed by atoms with Crippen LogP contribution in [0.5, 0.6) is 0 Å². The number of likely N-dealkylation sites (tertiary alicyclic amines) is 1. The van der Waals surface area contributed by atoms with Crippen LogP contribution in [-0.4, -0.2) is 45.7 Å². The van der Waals surface area contributed by atoms with Crippen molar-refractivity contribution in [2.75, 3.05) is 20.1 Å². The summed E-state index contributed by atoms with van der Waals surface area (Å²) in [5.41, 5.74) is 5.19. The Morgan fingerprint density at radius 3 is 2.81 bits per heavy atom. The van der Waals surface area contributed by atoms with E-state index in [-0.39, 0.29) is 11.5 Å². The number of benzene rings is 1. The van der Waals surface area contributed by atoms with E-state index < -0.39 is 0 Å². The number of amides is 1. The second-order valence-corrected chi connectivity index (χ2v) is 8.35. The van der Waals surface area contributed by atoms with Gasteiger partial charge in [0.1, 0.15) is 0 Å². The van der Waals surface area contributed by atoms with E-state index in [4.69, 9.17) is 4.74 Å². The standard InChI is InChI=1S/C24H27N5O2/c1-17-19(15-29(27-17)22-20(23(30)25-2)7-5-11-26-22)14-28-12-9-24(10-13-28)21-8-4-3-6-18(21)16-31-24/h3-8,11,15H,9-10,12-14,16H2,1-2H3,(H,25,30). The van der Waals surface area contributed by atoms with Crippen molar-refractivity contribution in [1.29, 1.82) is 0 Å². The fourth-order valence-corrected chi connectivity index (χ4v) is 4.76. The zero-order chi connectivity index (χ0) is 21.4. The molecule has 0 aliphatic carbocycles. The van der Waals surface area contributed by atoms with Crippen LogP contribution in [0, 0.1) is 6.92 Å². The first kappa shape index (κ1) is 19.9. The molecule has 0 bridgehead atoms. The van der Waals surface area contributed by atoms with Crippen LogP contribution in [0.2, 0.25) is 0 Å². The number of ether oxygens (including phenoxy) is 1. The fraction of sp³-hybridized carbons (Fsp3) is 0.375. The minimum atomic E-state index is -0.170. The normalized spacial score (nSPS) is 17.6. The SMILES string of the molecule is CNC(=O)c1cccnc1-n1cc(CN2CCC3(CC2)OCc2ccccc23)c(C)n1. The predicted octanol–water partition coefficient (Wildman–Crippen LogP) is 2.96. The van der Waals surface area contributed by atoms with Gasteiger partial charge < -0.3 is 10.1 Å². The fourth-order valence-electron chi connectivity index (χ4n) is 4.76. The highest BCUT2D eigenvalue weighted by molar-refractivity contribution is 5.96. The van der Waals surface area contributed by atoms with E-state index in [0.29, 0.717) is 11.4 Å². The lowest BCUT2D eigenvalue weighted by Crippen LogP contribution is -2.42. The molecule has 0 saturated carbocycles. The quantitative estimate of drug-likeness (QED) is 0.707. The molecule has 2 aromatic heterocycles. The van der Waals surface area contributed by atoms with Gasteiger partial charge in [-0.25, -0.2) is 9.67 Å². The van der Waals surface area contributed by atoms with Gasteiger partial charge in [0, 0.05) is 44.6 Å². The number of nitrogens with zero attached hydrogens (tertiary/aromatic N) is 4. The monoisotopic (exact) mass is 417 g/mol. The molecule has 1 aromatic carbocycles. The average molecular weight is 418 g/mol. The van der Waals surface area contributed by atoms with Crippen molar-refractivity contribution in [2.45, 2.75) is 38.5 Å². The van der Waals surface area contributed by atoms with E-state index in [1.54, 1.807) is 30.1 Å². The molecule has 2 aliphatic heterocycles. The van der Waals surface area contributed by atoms with Crippen LogP contribution in [0.3, 0.4) is 0 Å². The number of nitrogens with one attached hydrogen (secondary N) is 1. The van der Waals surface area contributed by atoms with Crippen LogP contribution < -0.4 is 5.32 Å². The van der Waals surface area contributed by atoms with Crippen LogP contribution in [0.15, 0.2) is 48.8 Å². The number of rotatable bonds is 4. The van der Waals surface area contributed by atoms with Crippen LogP contribution in [-0.2, 0) is 23.5 Å². The summed E-state index contributed by atoms with van der Waals surface area (Å²) in [6.07, 6.45) is 5.67. The van der Waals surface area contributed by atoms with E-state index >= 15 is 0 Å². The minimum Gasteiger partial charge on any atom is -0.365 e. The van der Waals surface area contributed by atoms with Gasteiger partial charge in [0.15, 0.2) is 5.82 Å². The highest BCUT2D eigenvalue weighted by atomic mass is 16.5. The average Bonchev–Trinajstić information content (AvgIpc) is 3.36. The van der Waals surface area contributed by atoms with Gasteiger partial charge in [0.25, 0.3) is 5.91 Å². The Balaban J connectivity index is 1.31. The maximum atomic E-state index is 12.2. The molecule has 0 unspecified atom stereocenters. The second kappa shape index (κ2) is 7.90. The number of carbonyl (C=O) groups is 1. The third-order valence-corrected chi connectivity index (χ3v) is 6.55. The Bertz CT molecular complexity index is 1110. The minimum absolute atomic E-state index is 0.122. The van der Waals surface area contributed by atoms with Crippen molar-refractivity contribution < 1.29 is 9.53 Å². The number of carbonyl (C=O) groups excluding carboxylic acids is 1. The summed E-state index contributed by atoms with van der Waals surface area (Å²) in [7, 11) is 1.62. The summed E-state index contributed by atoms with van der Waals surface area (Å²) < 4.78 is 8.01. The third kappa shape index (κ3) is 3.54. The van der Waals surface area contributed by atoms with E-state index in [1.807, 2.05) is 13.1 Å². The molecule has 7 heteroatoms. The number of aromatic nitrogens is 3. The van der Waals surface area contributed by atoms with Gasteiger partial charge in [-0.1, -0.05) is 24.3 Å². The predicted molar refractivity (Wildman–Crippen MR) is 117 cm³/mol. The molecule has 2 aliphatic rings. The summed E-state index contributed by atoms with van der Waals surface area (Å²) in [5, 5.41) is 7.32. The Morgan fingerprint density at radius 2 is 2.00 bits per heavy atom. The van der Waals surface area contributed by atoms with Crippen molar-refractivity contribution in [3.63, 3.8) is 0 Å². The molecule has 1 saturated heterocycles. The largest absolute Gasteiger partial charge is 0.365 e. The van der Waals surface area contributed by atoms with Crippen molar-refractivity contribution in [3.8, 4) is 5.82 Å². The molecule has 1 fully saturated rings. The number of aryl methyl sites for hydroxylation is 1. The van der Waals surface area contributed by atoms with Crippen LogP contribution in [0.25, 0.3) is 5.82 Å².